The number of hydrogen-bond acceptors (Lipinski definition) is 5. The molecular weight excluding hydrogens is 444 g/mol. The Bertz CT molecular complexity index is 947. The molecular formula is C22H34N6O4S. The third-order valence-corrected chi connectivity index (χ3v) is 7.73. The molecule has 182 valence electrons. The summed E-state index contributed by atoms with van der Waals surface area (Å²) in [6.45, 7) is 3.62. The average molecular weight is 479 g/mol. The molecule has 10 nitrogen and oxygen atoms in total. The number of rotatable bonds is 8. The molecule has 0 saturated carbocycles. The summed E-state index contributed by atoms with van der Waals surface area (Å²) >= 11 is 0. The monoisotopic (exact) mass is 478 g/mol. The fourth-order valence-corrected chi connectivity index (χ4v) is 5.84. The van der Waals surface area contributed by atoms with Crippen molar-refractivity contribution in [3.8, 4) is 0 Å². The van der Waals surface area contributed by atoms with E-state index in [1.807, 2.05) is 6.07 Å². The van der Waals surface area contributed by atoms with Crippen molar-refractivity contribution in [2.75, 3.05) is 26.2 Å². The van der Waals surface area contributed by atoms with E-state index in [4.69, 9.17) is 11.1 Å². The highest BCUT2D eigenvalue weighted by atomic mass is 32.2. The second-order valence-electron chi connectivity index (χ2n) is 8.80. The lowest BCUT2D eigenvalue weighted by atomic mass is 9.96. The summed E-state index contributed by atoms with van der Waals surface area (Å²) in [6.07, 6.45) is 2.85. The van der Waals surface area contributed by atoms with Gasteiger partial charge < -0.3 is 20.9 Å². The Morgan fingerprint density at radius 2 is 1.82 bits per heavy atom. The van der Waals surface area contributed by atoms with Crippen LogP contribution in [0.5, 0.6) is 0 Å². The SMILES string of the molecule is C[C@H](NS(=O)(=O)Cc1ccccc1)C(=O)N1CCC[C@@H]1CNC(=O)C1CCN(C(=N)N)CC1. The molecule has 5 N–H and O–H groups in total. The first-order valence-corrected chi connectivity index (χ1v) is 13.0. The van der Waals surface area contributed by atoms with Crippen LogP contribution in [0.25, 0.3) is 0 Å². The quantitative estimate of drug-likeness (QED) is 0.310. The van der Waals surface area contributed by atoms with E-state index in [0.29, 0.717) is 44.6 Å². The number of nitrogens with two attached hydrogens (primary N) is 1. The Kier molecular flexibility index (Phi) is 8.30. The standard InChI is InChI=1S/C22H34N6O4S/c1-16(26-33(31,32)15-17-6-3-2-4-7-17)21(30)28-11-5-8-19(28)14-25-20(29)18-9-12-27(13-10-18)22(23)24/h2-4,6-7,16,18-19,26H,5,8-15H2,1H3,(H3,23,24)(H,25,29)/t16-,19+/m0/s1. The molecule has 2 saturated heterocycles. The zero-order chi connectivity index (χ0) is 24.0. The van der Waals surface area contributed by atoms with Crippen LogP contribution in [0.1, 0.15) is 38.2 Å². The maximum Gasteiger partial charge on any atom is 0.240 e. The van der Waals surface area contributed by atoms with E-state index in [1.54, 1.807) is 41.0 Å². The molecule has 0 aliphatic carbocycles. The van der Waals surface area contributed by atoms with E-state index in [1.165, 1.54) is 0 Å². The number of likely N-dealkylation sites (tertiary alicyclic amines) is 2. The molecule has 0 radical (unpaired) electrons. The number of guanidine groups is 1. The van der Waals surface area contributed by atoms with Gasteiger partial charge in [0.25, 0.3) is 0 Å². The molecule has 2 aliphatic rings. The van der Waals surface area contributed by atoms with Gasteiger partial charge in [0, 0.05) is 38.1 Å². The second kappa shape index (κ2) is 11.0. The van der Waals surface area contributed by atoms with Crippen LogP contribution < -0.4 is 15.8 Å². The molecule has 33 heavy (non-hydrogen) atoms. The molecule has 0 spiro atoms. The predicted molar refractivity (Wildman–Crippen MR) is 126 cm³/mol. The van der Waals surface area contributed by atoms with Crippen molar-refractivity contribution in [2.45, 2.75) is 50.4 Å². The number of nitrogens with one attached hydrogen (secondary N) is 3. The van der Waals surface area contributed by atoms with E-state index in [0.717, 1.165) is 12.8 Å². The van der Waals surface area contributed by atoms with Gasteiger partial charge in [0.1, 0.15) is 0 Å². The van der Waals surface area contributed by atoms with Crippen molar-refractivity contribution >= 4 is 27.8 Å². The molecule has 0 aromatic heterocycles. The van der Waals surface area contributed by atoms with Gasteiger partial charge in [-0.2, -0.15) is 0 Å². The van der Waals surface area contributed by atoms with Crippen molar-refractivity contribution in [1.29, 1.82) is 5.41 Å². The van der Waals surface area contributed by atoms with E-state index >= 15 is 0 Å². The lowest BCUT2D eigenvalue weighted by Gasteiger charge is -2.32. The van der Waals surface area contributed by atoms with Gasteiger partial charge in [-0.1, -0.05) is 30.3 Å². The van der Waals surface area contributed by atoms with Gasteiger partial charge >= 0.3 is 0 Å². The molecule has 2 fully saturated rings. The van der Waals surface area contributed by atoms with Crippen LogP contribution in [0.3, 0.4) is 0 Å². The lowest BCUT2D eigenvalue weighted by Crippen LogP contribution is -2.52. The fraction of sp³-hybridized carbons (Fsp3) is 0.591. The first-order valence-electron chi connectivity index (χ1n) is 11.4. The number of sulfonamides is 1. The van der Waals surface area contributed by atoms with E-state index in [9.17, 15) is 18.0 Å². The highest BCUT2D eigenvalue weighted by molar-refractivity contribution is 7.88. The highest BCUT2D eigenvalue weighted by Crippen LogP contribution is 2.20. The summed E-state index contributed by atoms with van der Waals surface area (Å²) in [4.78, 5) is 29.0. The van der Waals surface area contributed by atoms with E-state index in [-0.39, 0.29) is 35.5 Å². The van der Waals surface area contributed by atoms with Crippen LogP contribution in [-0.2, 0) is 25.4 Å². The fourth-order valence-electron chi connectivity index (χ4n) is 4.49. The lowest BCUT2D eigenvalue weighted by molar-refractivity contribution is -0.134. The largest absolute Gasteiger partial charge is 0.370 e. The number of hydrogen-bond donors (Lipinski definition) is 4. The molecule has 2 amide bonds. The minimum atomic E-state index is -3.67. The van der Waals surface area contributed by atoms with Crippen LogP contribution in [0.2, 0.25) is 0 Å². The molecule has 2 atom stereocenters. The number of amides is 2. The topological polar surface area (TPSA) is 149 Å². The molecule has 0 bridgehead atoms. The van der Waals surface area contributed by atoms with Gasteiger partial charge in [-0.25, -0.2) is 13.1 Å². The van der Waals surface area contributed by atoms with Crippen LogP contribution in [0, 0.1) is 11.3 Å². The molecule has 1 aromatic carbocycles. The van der Waals surface area contributed by atoms with E-state index < -0.39 is 16.1 Å². The third kappa shape index (κ3) is 6.91. The second-order valence-corrected chi connectivity index (χ2v) is 10.6. The number of nitrogens with zero attached hydrogens (tertiary/aromatic N) is 2. The summed E-state index contributed by atoms with van der Waals surface area (Å²) in [5.41, 5.74) is 6.16. The molecule has 2 heterocycles. The van der Waals surface area contributed by atoms with Gasteiger partial charge in [0.05, 0.1) is 11.8 Å². The van der Waals surface area contributed by atoms with Gasteiger partial charge in [-0.3, -0.25) is 15.0 Å². The summed E-state index contributed by atoms with van der Waals surface area (Å²) in [5, 5.41) is 10.5. The van der Waals surface area contributed by atoms with Crippen LogP contribution in [-0.4, -0.2) is 74.3 Å². The Labute approximate surface area is 195 Å². The summed E-state index contributed by atoms with van der Waals surface area (Å²) in [5.74, 6) is -0.613. The van der Waals surface area contributed by atoms with Gasteiger partial charge in [0.2, 0.25) is 21.8 Å². The van der Waals surface area contributed by atoms with Crippen molar-refractivity contribution in [3.63, 3.8) is 0 Å². The Balaban J connectivity index is 1.49. The van der Waals surface area contributed by atoms with Gasteiger partial charge in [-0.05, 0) is 38.2 Å². The smallest absolute Gasteiger partial charge is 0.240 e. The third-order valence-electron chi connectivity index (χ3n) is 6.30. The van der Waals surface area contributed by atoms with Crippen molar-refractivity contribution in [2.24, 2.45) is 11.7 Å². The number of carbonyl (C=O) groups is 2. The molecule has 2 aliphatic heterocycles. The average Bonchev–Trinajstić information content (AvgIpc) is 3.25. The van der Waals surface area contributed by atoms with Crippen molar-refractivity contribution in [3.05, 3.63) is 35.9 Å². The molecule has 1 aromatic rings. The van der Waals surface area contributed by atoms with Crippen LogP contribution in [0.4, 0.5) is 0 Å². The normalized spacial score (nSPS) is 20.5. The molecule has 0 unspecified atom stereocenters. The predicted octanol–water partition coefficient (Wildman–Crippen LogP) is 0.207. The maximum atomic E-state index is 13.0. The maximum absolute atomic E-state index is 13.0. The van der Waals surface area contributed by atoms with Crippen molar-refractivity contribution in [1.82, 2.24) is 19.8 Å². The first-order chi connectivity index (χ1) is 15.7. The van der Waals surface area contributed by atoms with Gasteiger partial charge in [0.15, 0.2) is 5.96 Å². The highest BCUT2D eigenvalue weighted by Gasteiger charge is 2.34. The number of benzene rings is 1. The number of piperidine rings is 1. The summed E-state index contributed by atoms with van der Waals surface area (Å²) in [7, 11) is -3.67. The number of carbonyl (C=O) groups excluding carboxylic acids is 2. The Morgan fingerprint density at radius 1 is 1.15 bits per heavy atom. The minimum absolute atomic E-state index is 0.0301. The van der Waals surface area contributed by atoms with Crippen LogP contribution >= 0.6 is 0 Å². The first kappa shape index (κ1) is 25.0. The van der Waals surface area contributed by atoms with Crippen molar-refractivity contribution < 1.29 is 18.0 Å². The molecule has 3 rings (SSSR count). The summed E-state index contributed by atoms with van der Waals surface area (Å²) < 4.78 is 27.5. The minimum Gasteiger partial charge on any atom is -0.370 e. The summed E-state index contributed by atoms with van der Waals surface area (Å²) in [6, 6.07) is 7.79. The zero-order valence-electron chi connectivity index (χ0n) is 19.0. The Hall–Kier alpha value is -2.66. The van der Waals surface area contributed by atoms with Gasteiger partial charge in [-0.15, -0.1) is 0 Å². The molecule has 11 heteroatoms. The van der Waals surface area contributed by atoms with E-state index in [2.05, 4.69) is 10.0 Å². The zero-order valence-corrected chi connectivity index (χ0v) is 19.8. The Morgan fingerprint density at radius 3 is 2.45 bits per heavy atom. The van der Waals surface area contributed by atoms with Crippen LogP contribution in [0.15, 0.2) is 30.3 Å².